The lowest BCUT2D eigenvalue weighted by Gasteiger charge is -2.22. The summed E-state index contributed by atoms with van der Waals surface area (Å²) in [6.07, 6.45) is 0.679. The molecule has 2 aromatic rings. The molecular weight excluding hydrogens is 312 g/mol. The van der Waals surface area contributed by atoms with Crippen LogP contribution in [0, 0.1) is 0 Å². The number of nitrogens with one attached hydrogen (secondary N) is 2. The Labute approximate surface area is 140 Å². The standard InChI is InChI=1S/C17H22N2O3S/c1-17(21,15-8-5-11-23-15)12-19-16(20)18-10-9-13-6-3-4-7-14(13)22-2/h3-8,11,21H,9-10,12H2,1-2H3,(H2,18,19,20). The molecule has 1 aromatic heterocycles. The maximum atomic E-state index is 11.8. The summed E-state index contributed by atoms with van der Waals surface area (Å²) >= 11 is 1.47. The number of carbonyl (C=O) groups excluding carboxylic acids is 1. The molecule has 1 heterocycles. The van der Waals surface area contributed by atoms with E-state index in [2.05, 4.69) is 10.6 Å². The monoisotopic (exact) mass is 334 g/mol. The zero-order chi connectivity index (χ0) is 16.7. The summed E-state index contributed by atoms with van der Waals surface area (Å²) in [5.74, 6) is 0.815. The van der Waals surface area contributed by atoms with E-state index in [4.69, 9.17) is 4.74 Å². The van der Waals surface area contributed by atoms with Gasteiger partial charge in [-0.2, -0.15) is 0 Å². The van der Waals surface area contributed by atoms with Gasteiger partial charge in [-0.1, -0.05) is 24.3 Å². The summed E-state index contributed by atoms with van der Waals surface area (Å²) in [4.78, 5) is 12.7. The molecule has 1 unspecified atom stereocenters. The average molecular weight is 334 g/mol. The number of hydrogen-bond acceptors (Lipinski definition) is 4. The number of hydrogen-bond donors (Lipinski definition) is 3. The van der Waals surface area contributed by atoms with E-state index in [9.17, 15) is 9.90 Å². The number of benzene rings is 1. The van der Waals surface area contributed by atoms with Crippen LogP contribution in [0.2, 0.25) is 0 Å². The first-order valence-electron chi connectivity index (χ1n) is 7.43. The van der Waals surface area contributed by atoms with Crippen LogP contribution in [0.3, 0.4) is 0 Å². The third kappa shape index (κ3) is 4.97. The number of amides is 2. The van der Waals surface area contributed by atoms with Gasteiger partial charge >= 0.3 is 6.03 Å². The maximum Gasteiger partial charge on any atom is 0.314 e. The molecule has 5 nitrogen and oxygen atoms in total. The van der Waals surface area contributed by atoms with Crippen molar-refractivity contribution < 1.29 is 14.6 Å². The van der Waals surface area contributed by atoms with Crippen LogP contribution >= 0.6 is 11.3 Å². The van der Waals surface area contributed by atoms with Crippen LogP contribution in [0.15, 0.2) is 41.8 Å². The predicted molar refractivity (Wildman–Crippen MR) is 92.0 cm³/mol. The van der Waals surface area contributed by atoms with Crippen molar-refractivity contribution in [2.45, 2.75) is 18.9 Å². The first-order valence-corrected chi connectivity index (χ1v) is 8.31. The second kappa shape index (κ2) is 7.99. The van der Waals surface area contributed by atoms with Crippen LogP contribution in [-0.2, 0) is 12.0 Å². The topological polar surface area (TPSA) is 70.6 Å². The first-order chi connectivity index (χ1) is 11.0. The summed E-state index contributed by atoms with van der Waals surface area (Å²) in [6.45, 7) is 2.34. The van der Waals surface area contributed by atoms with Gasteiger partial charge in [-0.05, 0) is 36.4 Å². The molecule has 0 bridgehead atoms. The predicted octanol–water partition coefficient (Wildman–Crippen LogP) is 2.51. The van der Waals surface area contributed by atoms with Crippen LogP contribution < -0.4 is 15.4 Å². The van der Waals surface area contributed by atoms with E-state index < -0.39 is 5.60 Å². The normalized spacial score (nSPS) is 13.2. The van der Waals surface area contributed by atoms with E-state index in [1.807, 2.05) is 41.8 Å². The van der Waals surface area contributed by atoms with E-state index in [1.54, 1.807) is 14.0 Å². The fraction of sp³-hybridized carbons (Fsp3) is 0.353. The lowest BCUT2D eigenvalue weighted by molar-refractivity contribution is 0.0631. The molecule has 2 rings (SSSR count). The van der Waals surface area contributed by atoms with Gasteiger partial charge in [-0.25, -0.2) is 4.79 Å². The summed E-state index contributed by atoms with van der Waals surface area (Å²) in [6, 6.07) is 11.2. The van der Waals surface area contributed by atoms with Gasteiger partial charge in [-0.15, -0.1) is 11.3 Å². The van der Waals surface area contributed by atoms with Crippen LogP contribution in [0.4, 0.5) is 4.79 Å². The highest BCUT2D eigenvalue weighted by atomic mass is 32.1. The van der Waals surface area contributed by atoms with Crippen LogP contribution in [0.5, 0.6) is 5.75 Å². The van der Waals surface area contributed by atoms with Gasteiger partial charge in [-0.3, -0.25) is 0 Å². The molecule has 0 aliphatic rings. The van der Waals surface area contributed by atoms with Gasteiger partial charge in [0.25, 0.3) is 0 Å². The second-order valence-electron chi connectivity index (χ2n) is 5.42. The van der Waals surface area contributed by atoms with Crippen molar-refractivity contribution >= 4 is 17.4 Å². The van der Waals surface area contributed by atoms with Gasteiger partial charge in [0.15, 0.2) is 0 Å². The number of rotatable bonds is 7. The van der Waals surface area contributed by atoms with E-state index in [0.29, 0.717) is 13.0 Å². The largest absolute Gasteiger partial charge is 0.496 e. The Morgan fingerprint density at radius 2 is 2.04 bits per heavy atom. The van der Waals surface area contributed by atoms with E-state index >= 15 is 0 Å². The molecule has 0 fully saturated rings. The van der Waals surface area contributed by atoms with Crippen molar-refractivity contribution in [3.8, 4) is 5.75 Å². The van der Waals surface area contributed by atoms with Gasteiger partial charge in [0.05, 0.1) is 13.7 Å². The lowest BCUT2D eigenvalue weighted by Crippen LogP contribution is -2.43. The van der Waals surface area contributed by atoms with Crippen LogP contribution in [0.25, 0.3) is 0 Å². The highest BCUT2D eigenvalue weighted by molar-refractivity contribution is 7.10. The number of aliphatic hydroxyl groups is 1. The number of thiophene rings is 1. The summed E-state index contributed by atoms with van der Waals surface area (Å²) in [5, 5.41) is 17.7. The number of carbonyl (C=O) groups is 1. The number of ether oxygens (including phenoxy) is 1. The zero-order valence-corrected chi connectivity index (χ0v) is 14.2. The van der Waals surface area contributed by atoms with E-state index in [1.165, 1.54) is 11.3 Å². The Kier molecular flexibility index (Phi) is 6.01. The minimum absolute atomic E-state index is 0.161. The molecule has 0 aliphatic carbocycles. The van der Waals surface area contributed by atoms with Crippen molar-refractivity contribution in [1.29, 1.82) is 0 Å². The Hall–Kier alpha value is -2.05. The average Bonchev–Trinajstić information content (AvgIpc) is 3.09. The number of para-hydroxylation sites is 1. The molecule has 1 aromatic carbocycles. The summed E-state index contributed by atoms with van der Waals surface area (Å²) in [5.41, 5.74) is -0.0189. The molecule has 3 N–H and O–H groups in total. The van der Waals surface area contributed by atoms with Crippen molar-refractivity contribution in [2.75, 3.05) is 20.2 Å². The second-order valence-corrected chi connectivity index (χ2v) is 6.37. The van der Waals surface area contributed by atoms with Crippen molar-refractivity contribution in [2.24, 2.45) is 0 Å². The van der Waals surface area contributed by atoms with Gasteiger partial charge < -0.3 is 20.5 Å². The Morgan fingerprint density at radius 3 is 2.74 bits per heavy atom. The van der Waals surface area contributed by atoms with E-state index in [-0.39, 0.29) is 12.6 Å². The minimum Gasteiger partial charge on any atom is -0.496 e. The third-order valence-electron chi connectivity index (χ3n) is 3.52. The van der Waals surface area contributed by atoms with Crippen LogP contribution in [0.1, 0.15) is 17.4 Å². The highest BCUT2D eigenvalue weighted by Crippen LogP contribution is 2.24. The first kappa shape index (κ1) is 17.3. The fourth-order valence-electron chi connectivity index (χ4n) is 2.21. The molecule has 2 amide bonds. The molecule has 124 valence electrons. The zero-order valence-electron chi connectivity index (χ0n) is 13.3. The smallest absolute Gasteiger partial charge is 0.314 e. The number of urea groups is 1. The molecule has 0 aliphatic heterocycles. The molecule has 1 atom stereocenters. The lowest BCUT2D eigenvalue weighted by atomic mass is 10.1. The van der Waals surface area contributed by atoms with Gasteiger partial charge in [0.2, 0.25) is 0 Å². The molecule has 6 heteroatoms. The Balaban J connectivity index is 1.75. The molecule has 0 saturated heterocycles. The fourth-order valence-corrected chi connectivity index (χ4v) is 2.99. The molecule has 0 saturated carbocycles. The number of methoxy groups -OCH3 is 1. The molecule has 0 spiro atoms. The van der Waals surface area contributed by atoms with Crippen LogP contribution in [-0.4, -0.2) is 31.3 Å². The van der Waals surface area contributed by atoms with E-state index in [0.717, 1.165) is 16.2 Å². The summed E-state index contributed by atoms with van der Waals surface area (Å²) in [7, 11) is 1.63. The van der Waals surface area contributed by atoms with Crippen molar-refractivity contribution in [1.82, 2.24) is 10.6 Å². The van der Waals surface area contributed by atoms with Crippen molar-refractivity contribution in [3.63, 3.8) is 0 Å². The third-order valence-corrected chi connectivity index (χ3v) is 4.64. The molecule has 0 radical (unpaired) electrons. The van der Waals surface area contributed by atoms with Crippen molar-refractivity contribution in [3.05, 3.63) is 52.2 Å². The van der Waals surface area contributed by atoms with Gasteiger partial charge in [0, 0.05) is 11.4 Å². The molecular formula is C17H22N2O3S. The quantitative estimate of drug-likeness (QED) is 0.728. The highest BCUT2D eigenvalue weighted by Gasteiger charge is 2.24. The Bertz CT molecular complexity index is 627. The maximum absolute atomic E-state index is 11.8. The minimum atomic E-state index is -1.06. The molecule has 23 heavy (non-hydrogen) atoms. The van der Waals surface area contributed by atoms with Gasteiger partial charge in [0.1, 0.15) is 11.4 Å². The summed E-state index contributed by atoms with van der Waals surface area (Å²) < 4.78 is 5.28. The Morgan fingerprint density at radius 1 is 1.26 bits per heavy atom. The SMILES string of the molecule is COc1ccccc1CCNC(=O)NCC(C)(O)c1cccs1.